The number of aromatic nitrogens is 2. The van der Waals surface area contributed by atoms with Crippen molar-refractivity contribution in [2.75, 3.05) is 5.32 Å². The first-order valence-corrected chi connectivity index (χ1v) is 8.14. The van der Waals surface area contributed by atoms with Gasteiger partial charge in [-0.1, -0.05) is 23.2 Å². The van der Waals surface area contributed by atoms with Crippen LogP contribution < -0.4 is 5.32 Å². The molecule has 1 amide bonds. The van der Waals surface area contributed by atoms with Gasteiger partial charge in [-0.3, -0.25) is 5.32 Å². The molecule has 2 rings (SSSR count). The summed E-state index contributed by atoms with van der Waals surface area (Å²) in [7, 11) is 0. The second-order valence-electron chi connectivity index (χ2n) is 6.35. The molecule has 0 unspecified atom stereocenters. The third-order valence-corrected chi connectivity index (χ3v) is 3.59. The molecule has 0 saturated heterocycles. The van der Waals surface area contributed by atoms with E-state index in [-0.39, 0.29) is 27.2 Å². The molecule has 2 aromatic rings. The fourth-order valence-corrected chi connectivity index (χ4v) is 2.68. The first-order chi connectivity index (χ1) is 12.3. The molecule has 0 aliphatic carbocycles. The molecule has 1 N–H and O–H groups in total. The zero-order valence-corrected chi connectivity index (χ0v) is 15.8. The predicted octanol–water partition coefficient (Wildman–Crippen LogP) is 5.42. The summed E-state index contributed by atoms with van der Waals surface area (Å²) < 4.78 is 44.8. The minimum atomic E-state index is -4.65. The average molecular weight is 421 g/mol. The molecular formula is C16H13Cl2F3N4O2. The van der Waals surface area contributed by atoms with E-state index in [1.807, 2.05) is 0 Å². The summed E-state index contributed by atoms with van der Waals surface area (Å²) in [5, 5.41) is 14.6. The number of benzene rings is 1. The van der Waals surface area contributed by atoms with Gasteiger partial charge in [-0.15, -0.1) is 0 Å². The molecule has 0 bridgehead atoms. The van der Waals surface area contributed by atoms with Crippen LogP contribution in [0.4, 0.5) is 23.8 Å². The van der Waals surface area contributed by atoms with Crippen molar-refractivity contribution >= 4 is 35.1 Å². The van der Waals surface area contributed by atoms with Crippen LogP contribution in [0.3, 0.4) is 0 Å². The topological polar surface area (TPSA) is 79.9 Å². The van der Waals surface area contributed by atoms with E-state index in [1.165, 1.54) is 6.07 Å². The summed E-state index contributed by atoms with van der Waals surface area (Å²) in [5.74, 6) is -0.0515. The number of alkyl halides is 3. The quantitative estimate of drug-likeness (QED) is 0.703. The van der Waals surface area contributed by atoms with Crippen LogP contribution in [0, 0.1) is 11.3 Å². The number of halogens is 5. The van der Waals surface area contributed by atoms with Crippen LogP contribution >= 0.6 is 23.2 Å². The molecule has 1 heterocycles. The highest BCUT2D eigenvalue weighted by molar-refractivity contribution is 6.38. The molecule has 0 saturated carbocycles. The normalized spacial score (nSPS) is 11.8. The Balaban J connectivity index is 2.52. The van der Waals surface area contributed by atoms with E-state index in [9.17, 15) is 18.0 Å². The molecule has 0 aliphatic heterocycles. The lowest BCUT2D eigenvalue weighted by Gasteiger charge is -2.20. The molecule has 144 valence electrons. The van der Waals surface area contributed by atoms with E-state index in [0.29, 0.717) is 12.1 Å². The SMILES string of the molecule is CC(C)(C)OC(=O)Nc1cc(C#N)nn1-c1c(Cl)cc(C(F)(F)F)cc1Cl. The highest BCUT2D eigenvalue weighted by Gasteiger charge is 2.32. The molecular weight excluding hydrogens is 408 g/mol. The van der Waals surface area contributed by atoms with Crippen molar-refractivity contribution in [2.24, 2.45) is 0 Å². The van der Waals surface area contributed by atoms with Crippen molar-refractivity contribution in [3.8, 4) is 11.8 Å². The third-order valence-electron chi connectivity index (χ3n) is 3.01. The van der Waals surface area contributed by atoms with Gasteiger partial charge in [0.1, 0.15) is 23.2 Å². The Labute approximate surface area is 162 Å². The number of ether oxygens (including phenoxy) is 1. The number of nitrogens with one attached hydrogen (secondary N) is 1. The molecule has 0 aliphatic rings. The lowest BCUT2D eigenvalue weighted by atomic mass is 10.2. The number of hydrogen-bond donors (Lipinski definition) is 1. The number of carbonyl (C=O) groups is 1. The van der Waals surface area contributed by atoms with Gasteiger partial charge in [-0.05, 0) is 32.9 Å². The smallest absolute Gasteiger partial charge is 0.416 e. The van der Waals surface area contributed by atoms with Gasteiger partial charge in [0.2, 0.25) is 0 Å². The van der Waals surface area contributed by atoms with Gasteiger partial charge in [0.15, 0.2) is 5.69 Å². The Morgan fingerprint density at radius 3 is 2.22 bits per heavy atom. The number of amides is 1. The Morgan fingerprint density at radius 2 is 1.78 bits per heavy atom. The van der Waals surface area contributed by atoms with Gasteiger partial charge in [0.25, 0.3) is 0 Å². The van der Waals surface area contributed by atoms with Crippen LogP contribution in [0.5, 0.6) is 0 Å². The minimum absolute atomic E-state index is 0.0515. The lowest BCUT2D eigenvalue weighted by molar-refractivity contribution is -0.137. The van der Waals surface area contributed by atoms with E-state index in [0.717, 1.165) is 4.68 Å². The van der Waals surface area contributed by atoms with Crippen molar-refractivity contribution in [3.05, 3.63) is 39.5 Å². The standard InChI is InChI=1S/C16H13Cl2F3N4O2/c1-15(2,3)27-14(26)23-12-6-9(7-22)24-25(12)13-10(17)4-8(5-11(13)18)16(19,20)21/h4-6H,1-3H3,(H,23,26). The van der Waals surface area contributed by atoms with E-state index < -0.39 is 23.4 Å². The maximum absolute atomic E-state index is 12.9. The van der Waals surface area contributed by atoms with Crippen LogP contribution in [-0.2, 0) is 10.9 Å². The largest absolute Gasteiger partial charge is 0.444 e. The Hall–Kier alpha value is -2.44. The van der Waals surface area contributed by atoms with Gasteiger partial charge < -0.3 is 4.74 Å². The highest BCUT2D eigenvalue weighted by atomic mass is 35.5. The third kappa shape index (κ3) is 5.05. The summed E-state index contributed by atoms with van der Waals surface area (Å²) in [4.78, 5) is 12.0. The van der Waals surface area contributed by atoms with Crippen LogP contribution in [0.25, 0.3) is 5.69 Å². The maximum atomic E-state index is 12.9. The van der Waals surface area contributed by atoms with Gasteiger partial charge in [0.05, 0.1) is 15.6 Å². The highest BCUT2D eigenvalue weighted by Crippen LogP contribution is 2.38. The summed E-state index contributed by atoms with van der Waals surface area (Å²) in [6.45, 7) is 4.94. The fourth-order valence-electron chi connectivity index (χ4n) is 2.03. The number of hydrogen-bond acceptors (Lipinski definition) is 4. The second-order valence-corrected chi connectivity index (χ2v) is 7.17. The summed E-state index contributed by atoms with van der Waals surface area (Å²) in [6, 6.07) is 4.31. The maximum Gasteiger partial charge on any atom is 0.416 e. The summed E-state index contributed by atoms with van der Waals surface area (Å²) in [6.07, 6.45) is -5.50. The predicted molar refractivity (Wildman–Crippen MR) is 93.2 cm³/mol. The van der Waals surface area contributed by atoms with Crippen LogP contribution in [0.1, 0.15) is 32.0 Å². The van der Waals surface area contributed by atoms with Gasteiger partial charge in [-0.2, -0.15) is 23.5 Å². The number of rotatable bonds is 2. The first-order valence-electron chi connectivity index (χ1n) is 7.38. The van der Waals surface area contributed by atoms with Gasteiger partial charge in [0, 0.05) is 6.07 Å². The van der Waals surface area contributed by atoms with Gasteiger partial charge in [-0.25, -0.2) is 9.48 Å². The molecule has 0 spiro atoms. The van der Waals surface area contributed by atoms with Crippen LogP contribution in [-0.4, -0.2) is 21.5 Å². The van der Waals surface area contributed by atoms with E-state index in [4.69, 9.17) is 33.2 Å². The molecule has 1 aromatic heterocycles. The number of carbonyl (C=O) groups excluding carboxylic acids is 1. The van der Waals surface area contributed by atoms with E-state index >= 15 is 0 Å². The Morgan fingerprint density at radius 1 is 1.22 bits per heavy atom. The van der Waals surface area contributed by atoms with Crippen LogP contribution in [0.2, 0.25) is 10.0 Å². The zero-order valence-electron chi connectivity index (χ0n) is 14.3. The Bertz CT molecular complexity index is 904. The summed E-state index contributed by atoms with van der Waals surface area (Å²) in [5.41, 5.74) is -2.08. The van der Waals surface area contributed by atoms with Gasteiger partial charge >= 0.3 is 12.3 Å². The Kier molecular flexibility index (Phi) is 5.63. The minimum Gasteiger partial charge on any atom is -0.444 e. The number of anilines is 1. The number of nitriles is 1. The average Bonchev–Trinajstić information content (AvgIpc) is 2.86. The van der Waals surface area contributed by atoms with E-state index in [2.05, 4.69) is 10.4 Å². The fraction of sp³-hybridized carbons (Fsp3) is 0.312. The zero-order chi connectivity index (χ0) is 20.6. The first kappa shape index (κ1) is 20.9. The monoisotopic (exact) mass is 420 g/mol. The van der Waals surface area contributed by atoms with Crippen molar-refractivity contribution in [1.82, 2.24) is 9.78 Å². The second kappa shape index (κ2) is 7.29. The molecule has 0 atom stereocenters. The van der Waals surface area contributed by atoms with Crippen molar-refractivity contribution < 1.29 is 22.7 Å². The molecule has 1 aromatic carbocycles. The van der Waals surface area contributed by atoms with Crippen molar-refractivity contribution in [1.29, 1.82) is 5.26 Å². The van der Waals surface area contributed by atoms with Crippen LogP contribution in [0.15, 0.2) is 18.2 Å². The van der Waals surface area contributed by atoms with Crippen molar-refractivity contribution in [2.45, 2.75) is 32.5 Å². The molecule has 27 heavy (non-hydrogen) atoms. The molecule has 6 nitrogen and oxygen atoms in total. The lowest BCUT2D eigenvalue weighted by Crippen LogP contribution is -2.28. The molecule has 0 fully saturated rings. The number of nitrogens with zero attached hydrogens (tertiary/aromatic N) is 3. The van der Waals surface area contributed by atoms with E-state index in [1.54, 1.807) is 26.8 Å². The summed E-state index contributed by atoms with van der Waals surface area (Å²) >= 11 is 11.9. The van der Waals surface area contributed by atoms with Crippen molar-refractivity contribution in [3.63, 3.8) is 0 Å². The molecule has 11 heteroatoms. The molecule has 0 radical (unpaired) electrons.